The van der Waals surface area contributed by atoms with Crippen LogP contribution in [0.25, 0.3) is 0 Å². The zero-order chi connectivity index (χ0) is 10.5. The van der Waals surface area contributed by atoms with Gasteiger partial charge in [-0.25, -0.2) is 0 Å². The van der Waals surface area contributed by atoms with Gasteiger partial charge >= 0.3 is 6.01 Å². The number of hydrogen-bond acceptors (Lipinski definition) is 6. The van der Waals surface area contributed by atoms with Crippen molar-refractivity contribution >= 4 is 17.6 Å². The van der Waals surface area contributed by atoms with Crippen molar-refractivity contribution in [1.29, 1.82) is 0 Å². The van der Waals surface area contributed by atoms with E-state index in [0.29, 0.717) is 30.8 Å². The predicted octanol–water partition coefficient (Wildman–Crippen LogP) is 1.45. The molecule has 2 heterocycles. The quantitative estimate of drug-likeness (QED) is 0.781. The molecule has 2 rings (SSSR count). The van der Waals surface area contributed by atoms with Crippen LogP contribution in [-0.2, 0) is 13.0 Å². The molecule has 0 saturated carbocycles. The van der Waals surface area contributed by atoms with Crippen molar-refractivity contribution in [3.05, 3.63) is 23.9 Å². The van der Waals surface area contributed by atoms with Crippen molar-refractivity contribution in [3.63, 3.8) is 0 Å². The number of halogens is 1. The molecule has 0 amide bonds. The maximum absolute atomic E-state index is 5.53. The van der Waals surface area contributed by atoms with Gasteiger partial charge in [-0.1, -0.05) is 10.3 Å². The van der Waals surface area contributed by atoms with E-state index in [1.54, 1.807) is 6.07 Å². The molecule has 7 heteroatoms. The molecule has 0 fully saturated rings. The Morgan fingerprint density at radius 3 is 3.07 bits per heavy atom. The number of nitrogens with zero attached hydrogens (tertiary/aromatic N) is 3. The second-order valence-corrected chi connectivity index (χ2v) is 3.16. The molecule has 0 radical (unpaired) electrons. The van der Waals surface area contributed by atoms with Crippen molar-refractivity contribution < 1.29 is 8.94 Å². The predicted molar refractivity (Wildman–Crippen MR) is 52.6 cm³/mol. The Hall–Kier alpha value is -1.56. The number of nitrogens with one attached hydrogen (secondary N) is 1. The van der Waals surface area contributed by atoms with Gasteiger partial charge in [0.05, 0.1) is 6.54 Å². The summed E-state index contributed by atoms with van der Waals surface area (Å²) >= 11 is 5.53. The maximum Gasteiger partial charge on any atom is 0.315 e. The summed E-state index contributed by atoms with van der Waals surface area (Å²) in [5, 5.41) is 14.2. The van der Waals surface area contributed by atoms with Crippen molar-refractivity contribution in [2.24, 2.45) is 0 Å². The van der Waals surface area contributed by atoms with Gasteiger partial charge in [0.1, 0.15) is 12.0 Å². The number of alkyl halides is 1. The highest BCUT2D eigenvalue weighted by atomic mass is 35.5. The molecular formula is C8H9ClN4O2. The molecule has 0 atom stereocenters. The second kappa shape index (κ2) is 4.79. The van der Waals surface area contributed by atoms with Gasteiger partial charge in [-0.05, 0) is 0 Å². The van der Waals surface area contributed by atoms with Gasteiger partial charge in [0.2, 0.25) is 5.89 Å². The molecule has 2 aromatic heterocycles. The SMILES string of the molecule is ClCCc1nnc(NCc2ccon2)o1. The Labute approximate surface area is 90.6 Å². The summed E-state index contributed by atoms with van der Waals surface area (Å²) in [6, 6.07) is 2.11. The van der Waals surface area contributed by atoms with E-state index in [2.05, 4.69) is 25.2 Å². The van der Waals surface area contributed by atoms with E-state index in [1.165, 1.54) is 6.26 Å². The van der Waals surface area contributed by atoms with Crippen LogP contribution in [0.15, 0.2) is 21.3 Å². The summed E-state index contributed by atoms with van der Waals surface area (Å²) in [5.74, 6) is 0.984. The fraction of sp³-hybridized carbons (Fsp3) is 0.375. The van der Waals surface area contributed by atoms with Crippen LogP contribution in [0.4, 0.5) is 6.01 Å². The summed E-state index contributed by atoms with van der Waals surface area (Å²) in [4.78, 5) is 0. The molecule has 15 heavy (non-hydrogen) atoms. The minimum atomic E-state index is 0.359. The van der Waals surface area contributed by atoms with Crippen LogP contribution in [0, 0.1) is 0 Å². The summed E-state index contributed by atoms with van der Waals surface area (Å²) in [6.45, 7) is 0.485. The summed E-state index contributed by atoms with van der Waals surface area (Å²) < 4.78 is 9.92. The Morgan fingerprint density at radius 1 is 1.40 bits per heavy atom. The zero-order valence-corrected chi connectivity index (χ0v) is 8.57. The third kappa shape index (κ3) is 2.69. The van der Waals surface area contributed by atoms with E-state index in [1.807, 2.05) is 0 Å². The molecule has 0 saturated heterocycles. The number of aromatic nitrogens is 3. The average molecular weight is 229 g/mol. The standard InChI is InChI=1S/C8H9ClN4O2/c9-3-1-7-11-12-8(15-7)10-5-6-2-4-14-13-6/h2,4H,1,3,5H2,(H,10,12). The Morgan fingerprint density at radius 2 is 2.33 bits per heavy atom. The van der Waals surface area contributed by atoms with Crippen LogP contribution in [0.3, 0.4) is 0 Å². The molecule has 2 aromatic rings. The van der Waals surface area contributed by atoms with Crippen molar-refractivity contribution in [3.8, 4) is 0 Å². The van der Waals surface area contributed by atoms with E-state index < -0.39 is 0 Å². The highest BCUT2D eigenvalue weighted by Crippen LogP contribution is 2.07. The molecular weight excluding hydrogens is 220 g/mol. The third-order valence-electron chi connectivity index (χ3n) is 1.69. The number of hydrogen-bond donors (Lipinski definition) is 1. The molecule has 6 nitrogen and oxygen atoms in total. The molecule has 0 aliphatic rings. The zero-order valence-electron chi connectivity index (χ0n) is 7.81. The molecule has 0 aliphatic heterocycles. The minimum Gasteiger partial charge on any atom is -0.408 e. The van der Waals surface area contributed by atoms with Gasteiger partial charge in [0, 0.05) is 18.4 Å². The van der Waals surface area contributed by atoms with Crippen LogP contribution in [0.1, 0.15) is 11.6 Å². The fourth-order valence-electron chi connectivity index (χ4n) is 1.00. The van der Waals surface area contributed by atoms with Gasteiger partial charge < -0.3 is 14.3 Å². The molecule has 1 N–H and O–H groups in total. The highest BCUT2D eigenvalue weighted by molar-refractivity contribution is 6.17. The molecule has 0 unspecified atom stereocenters. The lowest BCUT2D eigenvalue weighted by Gasteiger charge is -1.95. The van der Waals surface area contributed by atoms with Crippen LogP contribution < -0.4 is 5.32 Å². The van der Waals surface area contributed by atoms with Gasteiger partial charge in [0.15, 0.2) is 0 Å². The first kappa shape index (κ1) is 9.97. The summed E-state index contributed by atoms with van der Waals surface area (Å²) in [7, 11) is 0. The van der Waals surface area contributed by atoms with Gasteiger partial charge in [-0.2, -0.15) is 0 Å². The minimum absolute atomic E-state index is 0.359. The third-order valence-corrected chi connectivity index (χ3v) is 1.88. The fourth-order valence-corrected chi connectivity index (χ4v) is 1.16. The Balaban J connectivity index is 1.88. The molecule has 0 bridgehead atoms. The van der Waals surface area contributed by atoms with E-state index >= 15 is 0 Å². The van der Waals surface area contributed by atoms with Crippen molar-refractivity contribution in [1.82, 2.24) is 15.4 Å². The number of rotatable bonds is 5. The molecule has 80 valence electrons. The average Bonchev–Trinajstić information content (AvgIpc) is 2.85. The molecule has 0 aromatic carbocycles. The second-order valence-electron chi connectivity index (χ2n) is 2.78. The normalized spacial score (nSPS) is 10.5. The van der Waals surface area contributed by atoms with E-state index in [-0.39, 0.29) is 0 Å². The van der Waals surface area contributed by atoms with Gasteiger partial charge in [0.25, 0.3) is 0 Å². The van der Waals surface area contributed by atoms with E-state index in [9.17, 15) is 0 Å². The first-order chi connectivity index (χ1) is 7.38. The van der Waals surface area contributed by atoms with Crippen LogP contribution >= 0.6 is 11.6 Å². The first-order valence-corrected chi connectivity index (χ1v) is 4.93. The van der Waals surface area contributed by atoms with Crippen molar-refractivity contribution in [2.75, 3.05) is 11.2 Å². The molecule has 0 spiro atoms. The highest BCUT2D eigenvalue weighted by Gasteiger charge is 2.05. The lowest BCUT2D eigenvalue weighted by atomic mass is 10.4. The maximum atomic E-state index is 5.53. The number of anilines is 1. The van der Waals surface area contributed by atoms with E-state index in [0.717, 1.165) is 5.69 Å². The lowest BCUT2D eigenvalue weighted by molar-refractivity contribution is 0.412. The van der Waals surface area contributed by atoms with Crippen molar-refractivity contribution in [2.45, 2.75) is 13.0 Å². The monoisotopic (exact) mass is 228 g/mol. The largest absolute Gasteiger partial charge is 0.408 e. The Kier molecular flexibility index (Phi) is 3.18. The van der Waals surface area contributed by atoms with Gasteiger partial charge in [-0.15, -0.1) is 16.7 Å². The van der Waals surface area contributed by atoms with Crippen LogP contribution in [0.5, 0.6) is 0 Å². The Bertz CT molecular complexity index is 400. The number of aryl methyl sites for hydroxylation is 1. The smallest absolute Gasteiger partial charge is 0.315 e. The van der Waals surface area contributed by atoms with Crippen LogP contribution in [-0.4, -0.2) is 21.2 Å². The molecule has 0 aliphatic carbocycles. The summed E-state index contributed by atoms with van der Waals surface area (Å²) in [6.07, 6.45) is 2.07. The van der Waals surface area contributed by atoms with Crippen LogP contribution in [0.2, 0.25) is 0 Å². The van der Waals surface area contributed by atoms with E-state index in [4.69, 9.17) is 16.0 Å². The lowest BCUT2D eigenvalue weighted by Crippen LogP contribution is -1.99. The first-order valence-electron chi connectivity index (χ1n) is 4.40. The summed E-state index contributed by atoms with van der Waals surface area (Å²) in [5.41, 5.74) is 0.770. The van der Waals surface area contributed by atoms with Gasteiger partial charge in [-0.3, -0.25) is 0 Å². The topological polar surface area (TPSA) is 77.0 Å².